The average molecular weight is 285 g/mol. The topological polar surface area (TPSA) is 20.3 Å². The molecule has 3 rings (SSSR count). The van der Waals surface area contributed by atoms with Crippen LogP contribution in [-0.2, 0) is 4.79 Å². The molecule has 0 spiro atoms. The van der Waals surface area contributed by atoms with E-state index in [1.807, 2.05) is 23.1 Å². The van der Waals surface area contributed by atoms with Crippen molar-refractivity contribution in [2.24, 2.45) is 5.92 Å². The molecule has 0 radical (unpaired) electrons. The van der Waals surface area contributed by atoms with E-state index in [-0.39, 0.29) is 5.92 Å². The summed E-state index contributed by atoms with van der Waals surface area (Å²) < 4.78 is 0. The Morgan fingerprint density at radius 3 is 2.65 bits per heavy atom. The molecule has 1 aromatic heterocycles. The predicted molar refractivity (Wildman–Crippen MR) is 85.1 cm³/mol. The lowest BCUT2D eigenvalue weighted by molar-refractivity contribution is -0.124. The van der Waals surface area contributed by atoms with E-state index < -0.39 is 0 Å². The molecular formula is C17H19NOS. The molecule has 3 heteroatoms. The molecule has 1 heterocycles. The van der Waals surface area contributed by atoms with Gasteiger partial charge in [-0.15, -0.1) is 11.3 Å². The van der Waals surface area contributed by atoms with E-state index in [2.05, 4.69) is 30.5 Å². The molecule has 0 aliphatic heterocycles. The van der Waals surface area contributed by atoms with Gasteiger partial charge < -0.3 is 4.90 Å². The molecular weight excluding hydrogens is 266 g/mol. The second-order valence-electron chi connectivity index (χ2n) is 5.25. The molecule has 0 atom stereocenters. The van der Waals surface area contributed by atoms with Crippen molar-refractivity contribution in [1.82, 2.24) is 0 Å². The van der Waals surface area contributed by atoms with Crippen LogP contribution in [0.25, 0.3) is 10.4 Å². The van der Waals surface area contributed by atoms with Crippen molar-refractivity contribution in [2.45, 2.75) is 26.2 Å². The minimum absolute atomic E-state index is 0.259. The summed E-state index contributed by atoms with van der Waals surface area (Å²) >= 11 is 1.71. The number of rotatable bonds is 4. The Hall–Kier alpha value is -1.61. The highest BCUT2D eigenvalue weighted by Gasteiger charge is 2.29. The van der Waals surface area contributed by atoms with Crippen LogP contribution >= 0.6 is 11.3 Å². The SMILES string of the molecule is CCN(C(=O)C1CCC1)c1csc(-c2ccccc2)c1. The summed E-state index contributed by atoms with van der Waals surface area (Å²) in [6.45, 7) is 2.80. The molecule has 2 aromatic rings. The minimum atomic E-state index is 0.259. The van der Waals surface area contributed by atoms with Gasteiger partial charge in [0.15, 0.2) is 0 Å². The van der Waals surface area contributed by atoms with Crippen molar-refractivity contribution in [3.63, 3.8) is 0 Å². The molecule has 1 amide bonds. The second kappa shape index (κ2) is 5.80. The van der Waals surface area contributed by atoms with Gasteiger partial charge in [-0.1, -0.05) is 36.8 Å². The molecule has 104 valence electrons. The first-order valence-corrected chi connectivity index (χ1v) is 8.13. The Morgan fingerprint density at radius 1 is 1.30 bits per heavy atom. The van der Waals surface area contributed by atoms with Crippen LogP contribution in [0, 0.1) is 5.92 Å². The van der Waals surface area contributed by atoms with Gasteiger partial charge in [0, 0.05) is 22.7 Å². The third kappa shape index (κ3) is 2.50. The highest BCUT2D eigenvalue weighted by molar-refractivity contribution is 7.14. The fourth-order valence-electron chi connectivity index (χ4n) is 2.56. The fourth-order valence-corrected chi connectivity index (χ4v) is 3.47. The molecule has 1 aliphatic carbocycles. The lowest BCUT2D eigenvalue weighted by Gasteiger charge is -2.30. The van der Waals surface area contributed by atoms with Gasteiger partial charge in [-0.2, -0.15) is 0 Å². The highest BCUT2D eigenvalue weighted by atomic mass is 32.1. The van der Waals surface area contributed by atoms with Crippen molar-refractivity contribution < 1.29 is 4.79 Å². The fraction of sp³-hybridized carbons (Fsp3) is 0.353. The van der Waals surface area contributed by atoms with Crippen LogP contribution in [0.5, 0.6) is 0 Å². The van der Waals surface area contributed by atoms with E-state index in [0.29, 0.717) is 5.91 Å². The van der Waals surface area contributed by atoms with Gasteiger partial charge in [-0.05, 0) is 31.4 Å². The zero-order valence-corrected chi connectivity index (χ0v) is 12.5. The van der Waals surface area contributed by atoms with E-state index in [1.54, 1.807) is 11.3 Å². The molecule has 1 aliphatic rings. The summed E-state index contributed by atoms with van der Waals surface area (Å²) in [5.74, 6) is 0.561. The second-order valence-corrected chi connectivity index (χ2v) is 6.16. The molecule has 0 saturated heterocycles. The molecule has 2 nitrogen and oxygen atoms in total. The number of nitrogens with zero attached hydrogens (tertiary/aromatic N) is 1. The van der Waals surface area contributed by atoms with Gasteiger partial charge in [0.25, 0.3) is 0 Å². The molecule has 0 bridgehead atoms. The summed E-state index contributed by atoms with van der Waals surface area (Å²) in [6.07, 6.45) is 3.32. The van der Waals surface area contributed by atoms with E-state index in [0.717, 1.165) is 25.1 Å². The van der Waals surface area contributed by atoms with Crippen molar-refractivity contribution in [1.29, 1.82) is 0 Å². The van der Waals surface area contributed by atoms with Crippen molar-refractivity contribution in [2.75, 3.05) is 11.4 Å². The normalized spacial score (nSPS) is 14.8. The summed E-state index contributed by atoms with van der Waals surface area (Å²) in [6, 6.07) is 12.5. The predicted octanol–water partition coefficient (Wildman–Crippen LogP) is 4.57. The maximum Gasteiger partial charge on any atom is 0.230 e. The van der Waals surface area contributed by atoms with Gasteiger partial charge in [0.2, 0.25) is 5.91 Å². The quantitative estimate of drug-likeness (QED) is 0.806. The van der Waals surface area contributed by atoms with Crippen LogP contribution in [-0.4, -0.2) is 12.5 Å². The minimum Gasteiger partial charge on any atom is -0.312 e. The Labute approximate surface area is 124 Å². The Balaban J connectivity index is 1.82. The van der Waals surface area contributed by atoms with Gasteiger partial charge >= 0.3 is 0 Å². The van der Waals surface area contributed by atoms with Gasteiger partial charge in [0.1, 0.15) is 0 Å². The van der Waals surface area contributed by atoms with Gasteiger partial charge in [-0.25, -0.2) is 0 Å². The number of thiophene rings is 1. The smallest absolute Gasteiger partial charge is 0.230 e. The first-order chi connectivity index (χ1) is 9.79. The summed E-state index contributed by atoms with van der Waals surface area (Å²) in [5, 5.41) is 2.10. The van der Waals surface area contributed by atoms with Crippen LogP contribution in [0.3, 0.4) is 0 Å². The molecule has 1 saturated carbocycles. The third-order valence-corrected chi connectivity index (χ3v) is 4.96. The molecule has 1 aromatic carbocycles. The van der Waals surface area contributed by atoms with Crippen LogP contribution in [0.15, 0.2) is 41.8 Å². The van der Waals surface area contributed by atoms with Gasteiger partial charge in [-0.3, -0.25) is 4.79 Å². The highest BCUT2D eigenvalue weighted by Crippen LogP contribution is 2.34. The first-order valence-electron chi connectivity index (χ1n) is 7.25. The number of anilines is 1. The Bertz CT molecular complexity index is 586. The van der Waals surface area contributed by atoms with Crippen LogP contribution in [0.1, 0.15) is 26.2 Å². The first kappa shape index (κ1) is 13.4. The van der Waals surface area contributed by atoms with Crippen LogP contribution < -0.4 is 4.90 Å². The molecule has 1 fully saturated rings. The molecule has 0 unspecified atom stereocenters. The number of hydrogen-bond acceptors (Lipinski definition) is 2. The van der Waals surface area contributed by atoms with E-state index in [1.165, 1.54) is 16.9 Å². The maximum absolute atomic E-state index is 12.4. The summed E-state index contributed by atoms with van der Waals surface area (Å²) in [4.78, 5) is 15.6. The number of benzene rings is 1. The maximum atomic E-state index is 12.4. The summed E-state index contributed by atoms with van der Waals surface area (Å²) in [5.41, 5.74) is 2.27. The Kier molecular flexibility index (Phi) is 3.88. The average Bonchev–Trinajstić information content (AvgIpc) is 2.88. The number of carbonyl (C=O) groups is 1. The largest absolute Gasteiger partial charge is 0.312 e. The van der Waals surface area contributed by atoms with E-state index >= 15 is 0 Å². The summed E-state index contributed by atoms with van der Waals surface area (Å²) in [7, 11) is 0. The van der Waals surface area contributed by atoms with Crippen molar-refractivity contribution in [3.05, 3.63) is 41.8 Å². The lowest BCUT2D eigenvalue weighted by Crippen LogP contribution is -2.38. The molecule has 20 heavy (non-hydrogen) atoms. The van der Waals surface area contributed by atoms with Crippen molar-refractivity contribution >= 4 is 22.9 Å². The third-order valence-electron chi connectivity index (χ3n) is 3.99. The monoisotopic (exact) mass is 285 g/mol. The van der Waals surface area contributed by atoms with Gasteiger partial charge in [0.05, 0.1) is 5.69 Å². The number of carbonyl (C=O) groups excluding carboxylic acids is 1. The van der Waals surface area contributed by atoms with E-state index in [9.17, 15) is 4.79 Å². The Morgan fingerprint density at radius 2 is 2.05 bits per heavy atom. The standard InChI is InChI=1S/C17H19NOS/c1-2-18(17(19)14-9-6-10-14)15-11-16(20-12-15)13-7-4-3-5-8-13/h3-5,7-8,11-12,14H,2,6,9-10H2,1H3. The number of hydrogen-bond donors (Lipinski definition) is 0. The molecule has 0 N–H and O–H groups in total. The zero-order chi connectivity index (χ0) is 13.9. The van der Waals surface area contributed by atoms with Crippen molar-refractivity contribution in [3.8, 4) is 10.4 Å². The van der Waals surface area contributed by atoms with Crippen LogP contribution in [0.2, 0.25) is 0 Å². The van der Waals surface area contributed by atoms with Crippen LogP contribution in [0.4, 0.5) is 5.69 Å². The lowest BCUT2D eigenvalue weighted by atomic mass is 9.84. The zero-order valence-electron chi connectivity index (χ0n) is 11.7. The number of amides is 1. The van der Waals surface area contributed by atoms with E-state index in [4.69, 9.17) is 0 Å².